The highest BCUT2D eigenvalue weighted by Gasteiger charge is 2.07. The predicted molar refractivity (Wildman–Crippen MR) is 94.4 cm³/mol. The lowest BCUT2D eigenvalue weighted by atomic mass is 10.2. The first-order valence-electron chi connectivity index (χ1n) is 7.08. The maximum absolute atomic E-state index is 12.8. The normalized spacial score (nSPS) is 11.0. The summed E-state index contributed by atoms with van der Waals surface area (Å²) >= 11 is 3.29. The molecule has 0 radical (unpaired) electrons. The van der Waals surface area contributed by atoms with Gasteiger partial charge in [0.25, 0.3) is 5.91 Å². The van der Waals surface area contributed by atoms with Crippen LogP contribution in [0.25, 0.3) is 0 Å². The molecule has 0 aliphatic rings. The number of hydrazone groups is 1. The Balaban J connectivity index is 1.87. The van der Waals surface area contributed by atoms with Gasteiger partial charge in [-0.15, -0.1) is 0 Å². The number of amides is 2. The molecule has 0 aliphatic heterocycles. The van der Waals surface area contributed by atoms with Crippen molar-refractivity contribution >= 4 is 39.1 Å². The van der Waals surface area contributed by atoms with E-state index in [9.17, 15) is 14.0 Å². The molecule has 0 unspecified atom stereocenters. The van der Waals surface area contributed by atoms with Crippen LogP contribution in [-0.2, 0) is 4.79 Å². The minimum Gasteiger partial charge on any atom is -0.326 e. The van der Waals surface area contributed by atoms with Crippen LogP contribution in [-0.4, -0.2) is 17.5 Å². The summed E-state index contributed by atoms with van der Waals surface area (Å²) < 4.78 is 13.6. The SMILES string of the molecule is C/C(CC(=O)Nc1ccc(F)cc1)=N/NC(=O)c1cccc(Br)c1. The summed E-state index contributed by atoms with van der Waals surface area (Å²) in [5.74, 6) is -1.05. The molecule has 0 aliphatic carbocycles. The third-order valence-electron chi connectivity index (χ3n) is 2.98. The number of nitrogens with zero attached hydrogens (tertiary/aromatic N) is 1. The van der Waals surface area contributed by atoms with Gasteiger partial charge in [-0.3, -0.25) is 9.59 Å². The molecule has 0 aromatic heterocycles. The second-order valence-corrected chi connectivity index (χ2v) is 5.95. The Bertz CT molecular complexity index is 776. The van der Waals surface area contributed by atoms with Gasteiger partial charge in [0, 0.05) is 21.4 Å². The molecule has 2 aromatic carbocycles. The van der Waals surface area contributed by atoms with Crippen molar-refractivity contribution in [1.82, 2.24) is 5.43 Å². The lowest BCUT2D eigenvalue weighted by Gasteiger charge is -2.05. The molecular weight excluding hydrogens is 377 g/mol. The Labute approximate surface area is 147 Å². The Morgan fingerprint density at radius 3 is 2.54 bits per heavy atom. The van der Waals surface area contributed by atoms with E-state index in [2.05, 4.69) is 31.8 Å². The van der Waals surface area contributed by atoms with Crippen molar-refractivity contribution in [3.8, 4) is 0 Å². The van der Waals surface area contributed by atoms with E-state index in [1.807, 2.05) is 6.07 Å². The summed E-state index contributed by atoms with van der Waals surface area (Å²) in [6.45, 7) is 1.63. The van der Waals surface area contributed by atoms with Gasteiger partial charge in [0.2, 0.25) is 5.91 Å². The zero-order chi connectivity index (χ0) is 17.5. The van der Waals surface area contributed by atoms with Gasteiger partial charge < -0.3 is 5.32 Å². The van der Waals surface area contributed by atoms with Gasteiger partial charge in [0.05, 0.1) is 6.42 Å². The van der Waals surface area contributed by atoms with Crippen molar-refractivity contribution in [1.29, 1.82) is 0 Å². The standard InChI is InChI=1S/C17H15BrFN3O2/c1-11(9-16(23)20-15-7-5-14(19)6-8-15)21-22-17(24)12-3-2-4-13(18)10-12/h2-8,10H,9H2,1H3,(H,20,23)(H,22,24)/b21-11-. The Morgan fingerprint density at radius 2 is 1.88 bits per heavy atom. The van der Waals surface area contributed by atoms with E-state index >= 15 is 0 Å². The lowest BCUT2D eigenvalue weighted by molar-refractivity contribution is -0.115. The first-order chi connectivity index (χ1) is 11.4. The van der Waals surface area contributed by atoms with Gasteiger partial charge in [0.1, 0.15) is 5.82 Å². The molecule has 0 heterocycles. The number of rotatable bonds is 5. The van der Waals surface area contributed by atoms with Crippen LogP contribution in [0.4, 0.5) is 10.1 Å². The van der Waals surface area contributed by atoms with Gasteiger partial charge in [0.15, 0.2) is 0 Å². The molecule has 2 amide bonds. The van der Waals surface area contributed by atoms with E-state index in [0.717, 1.165) is 4.47 Å². The second kappa shape index (κ2) is 8.35. The summed E-state index contributed by atoms with van der Waals surface area (Å²) in [5.41, 5.74) is 3.79. The number of halogens is 2. The molecule has 0 atom stereocenters. The average Bonchev–Trinajstić information content (AvgIpc) is 2.54. The first kappa shape index (κ1) is 17.8. The fraction of sp³-hybridized carbons (Fsp3) is 0.118. The van der Waals surface area contributed by atoms with Crippen molar-refractivity contribution in [3.63, 3.8) is 0 Å². The average molecular weight is 392 g/mol. The monoisotopic (exact) mass is 391 g/mol. The Hall–Kier alpha value is -2.54. The summed E-state index contributed by atoms with van der Waals surface area (Å²) in [7, 11) is 0. The summed E-state index contributed by atoms with van der Waals surface area (Å²) in [5, 5.41) is 6.53. The Kier molecular flexibility index (Phi) is 6.20. The summed E-state index contributed by atoms with van der Waals surface area (Å²) in [4.78, 5) is 23.8. The van der Waals surface area contributed by atoms with Crippen LogP contribution in [0.1, 0.15) is 23.7 Å². The van der Waals surface area contributed by atoms with E-state index in [4.69, 9.17) is 0 Å². The molecule has 0 saturated heterocycles. The van der Waals surface area contributed by atoms with E-state index in [1.54, 1.807) is 25.1 Å². The topological polar surface area (TPSA) is 70.6 Å². The van der Waals surface area contributed by atoms with E-state index in [-0.39, 0.29) is 24.1 Å². The molecule has 2 rings (SSSR count). The molecule has 2 aromatic rings. The number of carbonyl (C=O) groups excluding carboxylic acids is 2. The first-order valence-corrected chi connectivity index (χ1v) is 7.88. The van der Waals surface area contributed by atoms with Crippen LogP contribution < -0.4 is 10.7 Å². The maximum Gasteiger partial charge on any atom is 0.271 e. The third kappa shape index (κ3) is 5.58. The number of hydrogen-bond acceptors (Lipinski definition) is 3. The third-order valence-corrected chi connectivity index (χ3v) is 3.47. The van der Waals surface area contributed by atoms with Crippen LogP contribution in [0.3, 0.4) is 0 Å². The molecule has 0 spiro atoms. The smallest absolute Gasteiger partial charge is 0.271 e. The molecule has 5 nitrogen and oxygen atoms in total. The van der Waals surface area contributed by atoms with Crippen LogP contribution in [0.5, 0.6) is 0 Å². The fourth-order valence-electron chi connectivity index (χ4n) is 1.85. The van der Waals surface area contributed by atoms with Gasteiger partial charge in [-0.25, -0.2) is 9.82 Å². The highest BCUT2D eigenvalue weighted by Crippen LogP contribution is 2.11. The van der Waals surface area contributed by atoms with Crippen LogP contribution in [0.2, 0.25) is 0 Å². The highest BCUT2D eigenvalue weighted by atomic mass is 79.9. The van der Waals surface area contributed by atoms with Crippen molar-refractivity contribution in [2.45, 2.75) is 13.3 Å². The van der Waals surface area contributed by atoms with Crippen LogP contribution in [0.15, 0.2) is 58.1 Å². The molecule has 24 heavy (non-hydrogen) atoms. The van der Waals surface area contributed by atoms with Crippen molar-refractivity contribution in [2.75, 3.05) is 5.32 Å². The maximum atomic E-state index is 12.8. The predicted octanol–water partition coefficient (Wildman–Crippen LogP) is 3.72. The lowest BCUT2D eigenvalue weighted by Crippen LogP contribution is -2.21. The highest BCUT2D eigenvalue weighted by molar-refractivity contribution is 9.10. The van der Waals surface area contributed by atoms with Gasteiger partial charge >= 0.3 is 0 Å². The number of anilines is 1. The Morgan fingerprint density at radius 1 is 1.17 bits per heavy atom. The van der Waals surface area contributed by atoms with Crippen molar-refractivity contribution in [3.05, 3.63) is 64.4 Å². The van der Waals surface area contributed by atoms with Crippen LogP contribution in [0, 0.1) is 5.82 Å². The summed E-state index contributed by atoms with van der Waals surface area (Å²) in [6.07, 6.45) is 0.0101. The molecule has 0 saturated carbocycles. The molecule has 7 heteroatoms. The molecule has 0 fully saturated rings. The number of hydrogen-bond donors (Lipinski definition) is 2. The minimum absolute atomic E-state index is 0.0101. The number of carbonyl (C=O) groups is 2. The van der Waals surface area contributed by atoms with Gasteiger partial charge in [-0.1, -0.05) is 22.0 Å². The van der Waals surface area contributed by atoms with E-state index in [1.165, 1.54) is 24.3 Å². The van der Waals surface area contributed by atoms with E-state index in [0.29, 0.717) is 17.0 Å². The zero-order valence-electron chi connectivity index (χ0n) is 12.8. The number of nitrogens with one attached hydrogen (secondary N) is 2. The van der Waals surface area contributed by atoms with Crippen molar-refractivity contribution < 1.29 is 14.0 Å². The van der Waals surface area contributed by atoms with E-state index < -0.39 is 0 Å². The molecule has 0 bridgehead atoms. The zero-order valence-corrected chi connectivity index (χ0v) is 14.4. The van der Waals surface area contributed by atoms with Crippen molar-refractivity contribution in [2.24, 2.45) is 5.10 Å². The quantitative estimate of drug-likeness (QED) is 0.602. The molecular formula is C17H15BrFN3O2. The largest absolute Gasteiger partial charge is 0.326 e. The summed E-state index contributed by atoms with van der Waals surface area (Å²) in [6, 6.07) is 12.3. The molecule has 2 N–H and O–H groups in total. The van der Waals surface area contributed by atoms with Gasteiger partial charge in [-0.2, -0.15) is 5.10 Å². The fourth-order valence-corrected chi connectivity index (χ4v) is 2.25. The van der Waals surface area contributed by atoms with Crippen LogP contribution >= 0.6 is 15.9 Å². The second-order valence-electron chi connectivity index (χ2n) is 5.03. The van der Waals surface area contributed by atoms with Gasteiger partial charge in [-0.05, 0) is 49.4 Å². The number of benzene rings is 2. The minimum atomic E-state index is -0.374. The molecule has 124 valence electrons.